The molecule has 2 rings (SSSR count). The second kappa shape index (κ2) is 9.57. The lowest BCUT2D eigenvalue weighted by Gasteiger charge is -2.20. The van der Waals surface area contributed by atoms with Crippen LogP contribution in [0.15, 0.2) is 48.5 Å². The Balaban J connectivity index is 2.09. The van der Waals surface area contributed by atoms with Gasteiger partial charge in [-0.2, -0.15) is 0 Å². The van der Waals surface area contributed by atoms with Gasteiger partial charge in [0.15, 0.2) is 0 Å². The molecule has 0 heterocycles. The fourth-order valence-electron chi connectivity index (χ4n) is 2.78. The summed E-state index contributed by atoms with van der Waals surface area (Å²) in [4.78, 5) is 12.5. The third-order valence-electron chi connectivity index (χ3n) is 4.26. The largest absolute Gasteiger partial charge is 0.497 e. The number of hydrogen-bond donors (Lipinski definition) is 2. The Bertz CT molecular complexity index is 880. The van der Waals surface area contributed by atoms with Crippen LogP contribution < -0.4 is 19.5 Å². The summed E-state index contributed by atoms with van der Waals surface area (Å²) in [5, 5.41) is 2.90. The van der Waals surface area contributed by atoms with Gasteiger partial charge in [-0.3, -0.25) is 4.79 Å². The summed E-state index contributed by atoms with van der Waals surface area (Å²) in [6.45, 7) is 1.87. The Kier molecular flexibility index (Phi) is 7.42. The molecule has 0 aromatic heterocycles. The topological polar surface area (TPSA) is 93.7 Å². The number of ether oxygens (including phenoxy) is 2. The van der Waals surface area contributed by atoms with Gasteiger partial charge in [0.25, 0.3) is 0 Å². The smallest absolute Gasteiger partial charge is 0.222 e. The lowest BCUT2D eigenvalue weighted by molar-refractivity contribution is -0.122. The number of carbonyl (C=O) groups excluding carboxylic acids is 1. The van der Waals surface area contributed by atoms with Crippen LogP contribution in [0.4, 0.5) is 0 Å². The summed E-state index contributed by atoms with van der Waals surface area (Å²) >= 11 is 0. The fraction of sp³-hybridized carbons (Fsp3) is 0.350. The molecule has 2 unspecified atom stereocenters. The second-order valence-electron chi connectivity index (χ2n) is 6.48. The van der Waals surface area contributed by atoms with Crippen molar-refractivity contribution in [3.05, 3.63) is 59.7 Å². The predicted octanol–water partition coefficient (Wildman–Crippen LogP) is 2.56. The average Bonchev–Trinajstić information content (AvgIpc) is 2.66. The lowest BCUT2D eigenvalue weighted by atomic mass is 10.0. The van der Waals surface area contributed by atoms with Crippen molar-refractivity contribution in [2.75, 3.05) is 20.5 Å². The van der Waals surface area contributed by atoms with E-state index in [2.05, 4.69) is 10.0 Å². The third-order valence-corrected chi connectivity index (χ3v) is 4.97. The zero-order valence-corrected chi connectivity index (χ0v) is 17.2. The molecular weight excluding hydrogens is 380 g/mol. The Morgan fingerprint density at radius 1 is 0.929 bits per heavy atom. The standard InChI is InChI=1S/C20H26N2O5S/c1-14(15-5-9-17(26-2)10-6-15)21-20(23)13-19(22-28(4,24)25)16-7-11-18(27-3)12-8-16/h5-12,14,19,22H,13H2,1-4H3,(H,21,23). The molecular formula is C20H26N2O5S. The minimum atomic E-state index is -3.50. The number of carbonyl (C=O) groups is 1. The highest BCUT2D eigenvalue weighted by atomic mass is 32.2. The van der Waals surface area contributed by atoms with E-state index in [-0.39, 0.29) is 18.4 Å². The molecule has 0 spiro atoms. The van der Waals surface area contributed by atoms with Gasteiger partial charge in [0.1, 0.15) is 11.5 Å². The van der Waals surface area contributed by atoms with Gasteiger partial charge in [-0.15, -0.1) is 0 Å². The Labute approximate surface area is 166 Å². The van der Waals surface area contributed by atoms with Crippen molar-refractivity contribution in [2.45, 2.75) is 25.4 Å². The summed E-state index contributed by atoms with van der Waals surface area (Å²) in [6.07, 6.45) is 1.04. The molecule has 0 aliphatic carbocycles. The first-order valence-corrected chi connectivity index (χ1v) is 10.7. The highest BCUT2D eigenvalue weighted by Crippen LogP contribution is 2.22. The van der Waals surface area contributed by atoms with Crippen LogP contribution in [0.1, 0.15) is 36.6 Å². The van der Waals surface area contributed by atoms with Gasteiger partial charge in [0.2, 0.25) is 15.9 Å². The van der Waals surface area contributed by atoms with Gasteiger partial charge in [-0.1, -0.05) is 24.3 Å². The SMILES string of the molecule is COc1ccc(C(C)NC(=O)CC(NS(C)(=O)=O)c2ccc(OC)cc2)cc1. The first-order valence-electron chi connectivity index (χ1n) is 8.76. The van der Waals surface area contributed by atoms with E-state index >= 15 is 0 Å². The highest BCUT2D eigenvalue weighted by molar-refractivity contribution is 7.88. The molecule has 1 amide bonds. The van der Waals surface area contributed by atoms with Crippen LogP contribution in [0.5, 0.6) is 11.5 Å². The molecule has 8 heteroatoms. The van der Waals surface area contributed by atoms with Crippen molar-refractivity contribution in [3.63, 3.8) is 0 Å². The first kappa shape index (κ1) is 21.7. The van der Waals surface area contributed by atoms with Crippen LogP contribution in [0.2, 0.25) is 0 Å². The van der Waals surface area contributed by atoms with Crippen LogP contribution in [-0.2, 0) is 14.8 Å². The molecule has 7 nitrogen and oxygen atoms in total. The number of nitrogens with one attached hydrogen (secondary N) is 2. The molecule has 2 atom stereocenters. The Hall–Kier alpha value is -2.58. The fourth-order valence-corrected chi connectivity index (χ4v) is 3.52. The zero-order valence-electron chi connectivity index (χ0n) is 16.4. The van der Waals surface area contributed by atoms with Gasteiger partial charge in [-0.25, -0.2) is 13.1 Å². The normalized spacial score (nSPS) is 13.4. The van der Waals surface area contributed by atoms with E-state index in [9.17, 15) is 13.2 Å². The maximum atomic E-state index is 12.5. The minimum Gasteiger partial charge on any atom is -0.497 e. The molecule has 0 fully saturated rings. The molecule has 0 aliphatic heterocycles. The number of hydrogen-bond acceptors (Lipinski definition) is 5. The zero-order chi connectivity index (χ0) is 20.7. The third kappa shape index (κ3) is 6.54. The van der Waals surface area contributed by atoms with Crippen LogP contribution in [0, 0.1) is 0 Å². The lowest BCUT2D eigenvalue weighted by Crippen LogP contribution is -2.34. The van der Waals surface area contributed by atoms with E-state index in [0.717, 1.165) is 17.6 Å². The summed E-state index contributed by atoms with van der Waals surface area (Å²) in [6, 6.07) is 13.4. The van der Waals surface area contributed by atoms with Gasteiger partial charge >= 0.3 is 0 Å². The summed E-state index contributed by atoms with van der Waals surface area (Å²) in [7, 11) is -0.354. The monoisotopic (exact) mass is 406 g/mol. The molecule has 0 radical (unpaired) electrons. The quantitative estimate of drug-likeness (QED) is 0.668. The summed E-state index contributed by atoms with van der Waals surface area (Å²) < 4.78 is 36.3. The van der Waals surface area contributed by atoms with Crippen LogP contribution in [0.3, 0.4) is 0 Å². The van der Waals surface area contributed by atoms with Crippen LogP contribution >= 0.6 is 0 Å². The summed E-state index contributed by atoms with van der Waals surface area (Å²) in [5.41, 5.74) is 1.60. The van der Waals surface area contributed by atoms with E-state index in [1.54, 1.807) is 38.5 Å². The Morgan fingerprint density at radius 3 is 1.82 bits per heavy atom. The molecule has 152 valence electrons. The average molecular weight is 407 g/mol. The molecule has 28 heavy (non-hydrogen) atoms. The van der Waals surface area contributed by atoms with E-state index in [0.29, 0.717) is 11.3 Å². The van der Waals surface area contributed by atoms with Crippen molar-refractivity contribution in [3.8, 4) is 11.5 Å². The van der Waals surface area contributed by atoms with Crippen molar-refractivity contribution in [2.24, 2.45) is 0 Å². The molecule has 0 saturated heterocycles. The van der Waals surface area contributed by atoms with E-state index in [4.69, 9.17) is 9.47 Å². The van der Waals surface area contributed by atoms with Crippen molar-refractivity contribution < 1.29 is 22.7 Å². The molecule has 2 N–H and O–H groups in total. The van der Waals surface area contributed by atoms with Crippen molar-refractivity contribution in [1.82, 2.24) is 10.0 Å². The van der Waals surface area contributed by atoms with Crippen molar-refractivity contribution in [1.29, 1.82) is 0 Å². The van der Waals surface area contributed by atoms with Gasteiger partial charge in [-0.05, 0) is 42.3 Å². The molecule has 0 aliphatic rings. The van der Waals surface area contributed by atoms with Gasteiger partial charge in [0, 0.05) is 6.42 Å². The molecule has 2 aromatic rings. The van der Waals surface area contributed by atoms with Gasteiger partial charge in [0.05, 0.1) is 32.6 Å². The summed E-state index contributed by atoms with van der Waals surface area (Å²) in [5.74, 6) is 1.12. The minimum absolute atomic E-state index is 0.0279. The van der Waals surface area contributed by atoms with Crippen LogP contribution in [-0.4, -0.2) is 34.8 Å². The maximum absolute atomic E-state index is 12.5. The van der Waals surface area contributed by atoms with E-state index in [1.807, 2.05) is 31.2 Å². The first-order chi connectivity index (χ1) is 13.2. The van der Waals surface area contributed by atoms with E-state index in [1.165, 1.54) is 0 Å². The molecule has 0 saturated carbocycles. The van der Waals surface area contributed by atoms with Gasteiger partial charge < -0.3 is 14.8 Å². The second-order valence-corrected chi connectivity index (χ2v) is 8.26. The van der Waals surface area contributed by atoms with E-state index < -0.39 is 16.1 Å². The highest BCUT2D eigenvalue weighted by Gasteiger charge is 2.21. The maximum Gasteiger partial charge on any atom is 0.222 e. The Morgan fingerprint density at radius 2 is 1.39 bits per heavy atom. The predicted molar refractivity (Wildman–Crippen MR) is 108 cm³/mol. The number of benzene rings is 2. The van der Waals surface area contributed by atoms with Crippen LogP contribution in [0.25, 0.3) is 0 Å². The molecule has 0 bridgehead atoms. The number of amides is 1. The number of methoxy groups -OCH3 is 2. The molecule has 2 aromatic carbocycles. The van der Waals surface area contributed by atoms with Crippen molar-refractivity contribution >= 4 is 15.9 Å². The number of rotatable bonds is 9. The number of sulfonamides is 1.